The molecule has 1 aromatic heterocycles. The van der Waals surface area contributed by atoms with E-state index in [0.29, 0.717) is 6.04 Å². The Morgan fingerprint density at radius 1 is 1.18 bits per heavy atom. The summed E-state index contributed by atoms with van der Waals surface area (Å²) in [6, 6.07) is 12.6. The molecule has 1 unspecified atom stereocenters. The minimum atomic E-state index is 0.297. The number of hydrogen-bond acceptors (Lipinski definition) is 3. The van der Waals surface area contributed by atoms with E-state index in [1.165, 1.54) is 5.56 Å². The maximum absolute atomic E-state index is 4.36. The van der Waals surface area contributed by atoms with Crippen molar-refractivity contribution in [2.45, 2.75) is 26.3 Å². The van der Waals surface area contributed by atoms with Crippen molar-refractivity contribution >= 4 is 5.82 Å². The van der Waals surface area contributed by atoms with Crippen LogP contribution in [0.2, 0.25) is 0 Å². The Morgan fingerprint density at radius 2 is 1.94 bits per heavy atom. The van der Waals surface area contributed by atoms with Crippen molar-refractivity contribution in [2.75, 3.05) is 5.32 Å². The van der Waals surface area contributed by atoms with Crippen LogP contribution in [0.5, 0.6) is 0 Å². The van der Waals surface area contributed by atoms with Gasteiger partial charge in [-0.05, 0) is 25.0 Å². The molecule has 1 atom stereocenters. The van der Waals surface area contributed by atoms with Crippen LogP contribution in [0.3, 0.4) is 0 Å². The highest BCUT2D eigenvalue weighted by Crippen LogP contribution is 2.20. The summed E-state index contributed by atoms with van der Waals surface area (Å²) in [5.74, 6) is 1.67. The van der Waals surface area contributed by atoms with Gasteiger partial charge >= 0.3 is 0 Å². The van der Waals surface area contributed by atoms with Crippen LogP contribution in [0.1, 0.15) is 30.8 Å². The maximum atomic E-state index is 4.36. The molecule has 88 valence electrons. The summed E-state index contributed by atoms with van der Waals surface area (Å²) in [5.41, 5.74) is 1.28. The van der Waals surface area contributed by atoms with Crippen LogP contribution in [0.4, 0.5) is 5.82 Å². The van der Waals surface area contributed by atoms with E-state index in [-0.39, 0.29) is 0 Å². The molecule has 0 saturated carbocycles. The van der Waals surface area contributed by atoms with Crippen molar-refractivity contribution in [3.05, 3.63) is 54.0 Å². The fraction of sp³-hybridized carbons (Fsp3) is 0.286. The van der Waals surface area contributed by atoms with Crippen molar-refractivity contribution < 1.29 is 0 Å². The fourth-order valence-corrected chi connectivity index (χ4v) is 1.82. The molecule has 0 aliphatic rings. The third-order valence-corrected chi connectivity index (χ3v) is 2.71. The van der Waals surface area contributed by atoms with Crippen LogP contribution >= 0.6 is 0 Å². The number of nitrogens with zero attached hydrogens (tertiary/aromatic N) is 2. The minimum absolute atomic E-state index is 0.297. The third-order valence-electron chi connectivity index (χ3n) is 2.71. The highest BCUT2D eigenvalue weighted by molar-refractivity contribution is 5.37. The second-order valence-corrected chi connectivity index (χ2v) is 4.00. The molecule has 0 bridgehead atoms. The molecular formula is C14H17N3. The van der Waals surface area contributed by atoms with Crippen LogP contribution in [0.15, 0.2) is 42.6 Å². The summed E-state index contributed by atoms with van der Waals surface area (Å²) in [6.07, 6.45) is 2.80. The molecule has 0 aliphatic heterocycles. The lowest BCUT2D eigenvalue weighted by Gasteiger charge is -2.18. The molecule has 0 aliphatic carbocycles. The van der Waals surface area contributed by atoms with Crippen molar-refractivity contribution in [1.82, 2.24) is 9.97 Å². The topological polar surface area (TPSA) is 37.8 Å². The van der Waals surface area contributed by atoms with Crippen LogP contribution < -0.4 is 5.32 Å². The lowest BCUT2D eigenvalue weighted by Crippen LogP contribution is -2.11. The van der Waals surface area contributed by atoms with Gasteiger partial charge in [0.05, 0.1) is 6.04 Å². The first-order chi connectivity index (χ1) is 8.29. The monoisotopic (exact) mass is 227 g/mol. The zero-order chi connectivity index (χ0) is 12.1. The number of nitrogens with one attached hydrogen (secondary N) is 1. The summed E-state index contributed by atoms with van der Waals surface area (Å²) >= 11 is 0. The Kier molecular flexibility index (Phi) is 3.70. The largest absolute Gasteiger partial charge is 0.363 e. The first kappa shape index (κ1) is 11.6. The number of hydrogen-bond donors (Lipinski definition) is 1. The van der Waals surface area contributed by atoms with E-state index in [1.807, 2.05) is 19.1 Å². The van der Waals surface area contributed by atoms with Gasteiger partial charge < -0.3 is 5.32 Å². The second-order valence-electron chi connectivity index (χ2n) is 4.00. The molecule has 0 fully saturated rings. The van der Waals surface area contributed by atoms with Gasteiger partial charge in [-0.1, -0.05) is 37.3 Å². The highest BCUT2D eigenvalue weighted by atomic mass is 15.0. The van der Waals surface area contributed by atoms with Crippen LogP contribution in [0.25, 0.3) is 0 Å². The molecule has 17 heavy (non-hydrogen) atoms. The molecule has 2 aromatic rings. The Labute approximate surface area is 102 Å². The van der Waals surface area contributed by atoms with Gasteiger partial charge in [0, 0.05) is 6.20 Å². The van der Waals surface area contributed by atoms with Crippen molar-refractivity contribution in [1.29, 1.82) is 0 Å². The molecule has 2 rings (SSSR count). The first-order valence-electron chi connectivity index (χ1n) is 5.90. The second kappa shape index (κ2) is 5.43. The molecule has 3 heteroatoms. The molecule has 0 radical (unpaired) electrons. The van der Waals surface area contributed by atoms with E-state index in [9.17, 15) is 0 Å². The number of aromatic nitrogens is 2. The third kappa shape index (κ3) is 3.03. The lowest BCUT2D eigenvalue weighted by molar-refractivity contribution is 0.742. The van der Waals surface area contributed by atoms with E-state index in [0.717, 1.165) is 18.1 Å². The van der Waals surface area contributed by atoms with E-state index in [2.05, 4.69) is 46.5 Å². The highest BCUT2D eigenvalue weighted by Gasteiger charge is 2.08. The van der Waals surface area contributed by atoms with E-state index < -0.39 is 0 Å². The number of anilines is 1. The Balaban J connectivity index is 2.16. The van der Waals surface area contributed by atoms with Gasteiger partial charge in [-0.2, -0.15) is 0 Å². The summed E-state index contributed by atoms with van der Waals surface area (Å²) in [5, 5.41) is 3.43. The zero-order valence-corrected chi connectivity index (χ0v) is 10.2. The van der Waals surface area contributed by atoms with Crippen LogP contribution in [-0.2, 0) is 0 Å². The molecule has 1 N–H and O–H groups in total. The Bertz CT molecular complexity index is 468. The molecule has 0 amide bonds. The number of rotatable bonds is 4. The van der Waals surface area contributed by atoms with Crippen LogP contribution in [-0.4, -0.2) is 9.97 Å². The summed E-state index contributed by atoms with van der Waals surface area (Å²) in [4.78, 5) is 8.46. The maximum Gasteiger partial charge on any atom is 0.130 e. The number of aryl methyl sites for hydroxylation is 1. The van der Waals surface area contributed by atoms with Gasteiger partial charge in [0.2, 0.25) is 0 Å². The van der Waals surface area contributed by atoms with Gasteiger partial charge in [-0.25, -0.2) is 9.97 Å². The molecule has 1 aromatic carbocycles. The van der Waals surface area contributed by atoms with E-state index >= 15 is 0 Å². The quantitative estimate of drug-likeness (QED) is 0.870. The molecule has 0 spiro atoms. The molecular weight excluding hydrogens is 210 g/mol. The van der Waals surface area contributed by atoms with Gasteiger partial charge in [-0.15, -0.1) is 0 Å². The zero-order valence-electron chi connectivity index (χ0n) is 10.2. The average molecular weight is 227 g/mol. The smallest absolute Gasteiger partial charge is 0.130 e. The summed E-state index contributed by atoms with van der Waals surface area (Å²) < 4.78 is 0. The molecule has 1 heterocycles. The number of benzene rings is 1. The van der Waals surface area contributed by atoms with Gasteiger partial charge in [0.1, 0.15) is 11.6 Å². The SMILES string of the molecule is CCC(Nc1ccnc(C)n1)c1ccccc1. The van der Waals surface area contributed by atoms with Crippen molar-refractivity contribution in [3.8, 4) is 0 Å². The van der Waals surface area contributed by atoms with E-state index in [4.69, 9.17) is 0 Å². The lowest BCUT2D eigenvalue weighted by atomic mass is 10.0. The van der Waals surface area contributed by atoms with Gasteiger partial charge in [0.25, 0.3) is 0 Å². The minimum Gasteiger partial charge on any atom is -0.363 e. The average Bonchev–Trinajstić information content (AvgIpc) is 2.37. The van der Waals surface area contributed by atoms with E-state index in [1.54, 1.807) is 6.20 Å². The standard InChI is InChI=1S/C14H17N3/c1-3-13(12-7-5-4-6-8-12)17-14-9-10-15-11(2)16-14/h4-10,13H,3H2,1-2H3,(H,15,16,17). The predicted octanol–water partition coefficient (Wildman–Crippen LogP) is 3.35. The van der Waals surface area contributed by atoms with Crippen molar-refractivity contribution in [2.24, 2.45) is 0 Å². The predicted molar refractivity (Wildman–Crippen MR) is 69.9 cm³/mol. The van der Waals surface area contributed by atoms with Gasteiger partial charge in [-0.3, -0.25) is 0 Å². The summed E-state index contributed by atoms with van der Waals surface area (Å²) in [7, 11) is 0. The molecule has 0 saturated heterocycles. The Hall–Kier alpha value is -1.90. The van der Waals surface area contributed by atoms with Gasteiger partial charge in [0.15, 0.2) is 0 Å². The van der Waals surface area contributed by atoms with Crippen LogP contribution in [0, 0.1) is 6.92 Å². The normalized spacial score (nSPS) is 12.1. The van der Waals surface area contributed by atoms with Crippen molar-refractivity contribution in [3.63, 3.8) is 0 Å². The molecule has 3 nitrogen and oxygen atoms in total. The summed E-state index contributed by atoms with van der Waals surface area (Å²) in [6.45, 7) is 4.06. The fourth-order valence-electron chi connectivity index (χ4n) is 1.82. The Morgan fingerprint density at radius 3 is 2.59 bits per heavy atom. The first-order valence-corrected chi connectivity index (χ1v) is 5.90.